The minimum atomic E-state index is -1.79. The summed E-state index contributed by atoms with van der Waals surface area (Å²) in [5.41, 5.74) is -2.82. The summed E-state index contributed by atoms with van der Waals surface area (Å²) in [6.07, 6.45) is -1.26. The minimum absolute atomic E-state index is 0.00181. The molecule has 9 heteroatoms. The Morgan fingerprint density at radius 3 is 1.21 bits per heavy atom. The predicted molar refractivity (Wildman–Crippen MR) is 117 cm³/mol. The summed E-state index contributed by atoms with van der Waals surface area (Å²) >= 11 is 0. The number of likely N-dealkylation sites (tertiary alicyclic amines) is 2. The van der Waals surface area contributed by atoms with Crippen LogP contribution in [0.15, 0.2) is 60.7 Å². The Morgan fingerprint density at radius 1 is 0.618 bits per heavy atom. The van der Waals surface area contributed by atoms with E-state index in [0.717, 1.165) is 9.80 Å². The van der Waals surface area contributed by atoms with Crippen LogP contribution in [-0.4, -0.2) is 39.6 Å². The standard InChI is InChI=1S/C25H24N2O7/c1-24(17-9-5-3-6-10-17,26-19(28)13-14-20(26)29)33-23(32)34-25(2,18-11-7-4-8-12-18)27-21(30)15-16-22(27)31/h3-12H,13-16H2,1-2H3/t24-,25-/m0/s1. The first-order valence-electron chi connectivity index (χ1n) is 10.9. The van der Waals surface area contributed by atoms with Gasteiger partial charge in [0.25, 0.3) is 0 Å². The summed E-state index contributed by atoms with van der Waals surface area (Å²) < 4.78 is 11.3. The Bertz CT molecular complexity index is 1030. The normalized spacial score (nSPS) is 19.7. The van der Waals surface area contributed by atoms with Crippen molar-refractivity contribution in [2.24, 2.45) is 0 Å². The summed E-state index contributed by atoms with van der Waals surface area (Å²) in [5.74, 6) is -1.94. The fourth-order valence-corrected chi connectivity index (χ4v) is 4.41. The lowest BCUT2D eigenvalue weighted by Crippen LogP contribution is -2.53. The van der Waals surface area contributed by atoms with Crippen molar-refractivity contribution in [1.29, 1.82) is 0 Å². The first kappa shape index (κ1) is 23.2. The van der Waals surface area contributed by atoms with E-state index in [1.807, 2.05) is 0 Å². The number of benzene rings is 2. The van der Waals surface area contributed by atoms with E-state index in [1.54, 1.807) is 60.7 Å². The Kier molecular flexibility index (Phi) is 5.95. The van der Waals surface area contributed by atoms with Gasteiger partial charge in [0.2, 0.25) is 35.1 Å². The average Bonchev–Trinajstić information content (AvgIpc) is 3.35. The molecule has 2 aliphatic heterocycles. The third-order valence-corrected chi connectivity index (χ3v) is 6.14. The van der Waals surface area contributed by atoms with Crippen LogP contribution in [0.1, 0.15) is 50.7 Å². The van der Waals surface area contributed by atoms with Gasteiger partial charge >= 0.3 is 6.16 Å². The lowest BCUT2D eigenvalue weighted by Gasteiger charge is -2.40. The van der Waals surface area contributed by atoms with E-state index >= 15 is 0 Å². The molecule has 0 saturated carbocycles. The molecule has 4 rings (SSSR count). The van der Waals surface area contributed by atoms with Gasteiger partial charge in [0.05, 0.1) is 0 Å². The number of ether oxygens (including phenoxy) is 2. The van der Waals surface area contributed by atoms with Gasteiger partial charge in [-0.1, -0.05) is 60.7 Å². The van der Waals surface area contributed by atoms with Crippen LogP contribution < -0.4 is 0 Å². The molecule has 2 atom stereocenters. The van der Waals surface area contributed by atoms with E-state index in [0.29, 0.717) is 11.1 Å². The second-order valence-electron chi connectivity index (χ2n) is 8.40. The first-order chi connectivity index (χ1) is 16.2. The average molecular weight is 464 g/mol. The number of rotatable bonds is 6. The second-order valence-corrected chi connectivity index (χ2v) is 8.40. The number of imide groups is 2. The highest BCUT2D eigenvalue weighted by molar-refractivity contribution is 6.03. The van der Waals surface area contributed by atoms with Crippen LogP contribution in [0.4, 0.5) is 4.79 Å². The summed E-state index contributed by atoms with van der Waals surface area (Å²) in [7, 11) is 0. The van der Waals surface area contributed by atoms with E-state index in [1.165, 1.54) is 13.8 Å². The summed E-state index contributed by atoms with van der Waals surface area (Å²) in [6, 6.07) is 16.7. The summed E-state index contributed by atoms with van der Waals surface area (Å²) in [4.78, 5) is 65.3. The van der Waals surface area contributed by atoms with Gasteiger partial charge in [-0.15, -0.1) is 0 Å². The van der Waals surface area contributed by atoms with Crippen LogP contribution in [0.5, 0.6) is 0 Å². The molecular formula is C25H24N2O7. The molecule has 9 nitrogen and oxygen atoms in total. The van der Waals surface area contributed by atoms with Crippen LogP contribution in [0.25, 0.3) is 0 Å². The molecule has 2 aliphatic rings. The number of carbonyl (C=O) groups excluding carboxylic acids is 5. The number of hydrogen-bond donors (Lipinski definition) is 0. The van der Waals surface area contributed by atoms with Crippen LogP contribution in [0.3, 0.4) is 0 Å². The smallest absolute Gasteiger partial charge is 0.403 e. The molecule has 2 saturated heterocycles. The quantitative estimate of drug-likeness (QED) is 0.477. The van der Waals surface area contributed by atoms with Crippen molar-refractivity contribution in [2.45, 2.75) is 51.0 Å². The Hall–Kier alpha value is -4.01. The highest BCUT2D eigenvalue weighted by Gasteiger charge is 2.51. The number of nitrogens with zero attached hydrogens (tertiary/aromatic N) is 2. The lowest BCUT2D eigenvalue weighted by molar-refractivity contribution is -0.186. The van der Waals surface area contributed by atoms with Crippen molar-refractivity contribution in [3.63, 3.8) is 0 Å². The number of hydrogen-bond acceptors (Lipinski definition) is 7. The van der Waals surface area contributed by atoms with E-state index in [4.69, 9.17) is 9.47 Å². The Balaban J connectivity index is 1.71. The Morgan fingerprint density at radius 2 is 0.912 bits per heavy atom. The van der Waals surface area contributed by atoms with Crippen molar-refractivity contribution < 1.29 is 33.4 Å². The molecule has 2 aromatic rings. The summed E-state index contributed by atoms with van der Waals surface area (Å²) in [6.45, 7) is 2.85. The zero-order chi connectivity index (χ0) is 24.5. The van der Waals surface area contributed by atoms with Gasteiger partial charge in [-0.3, -0.25) is 19.2 Å². The van der Waals surface area contributed by atoms with Gasteiger partial charge in [0.15, 0.2) is 0 Å². The van der Waals surface area contributed by atoms with Crippen LogP contribution in [-0.2, 0) is 40.1 Å². The van der Waals surface area contributed by atoms with Crippen molar-refractivity contribution in [3.8, 4) is 0 Å². The van der Waals surface area contributed by atoms with Crippen LogP contribution in [0, 0.1) is 0 Å². The monoisotopic (exact) mass is 464 g/mol. The molecular weight excluding hydrogens is 440 g/mol. The molecule has 0 bridgehead atoms. The van der Waals surface area contributed by atoms with Gasteiger partial charge in [-0.25, -0.2) is 14.6 Å². The maximum Gasteiger partial charge on any atom is 0.513 e. The van der Waals surface area contributed by atoms with E-state index in [2.05, 4.69) is 0 Å². The fraction of sp³-hybridized carbons (Fsp3) is 0.320. The van der Waals surface area contributed by atoms with E-state index < -0.39 is 41.2 Å². The largest absolute Gasteiger partial charge is 0.513 e. The van der Waals surface area contributed by atoms with Gasteiger partial charge in [0, 0.05) is 50.7 Å². The molecule has 0 unspecified atom stereocenters. The topological polar surface area (TPSA) is 110 Å². The summed E-state index contributed by atoms with van der Waals surface area (Å²) in [5, 5.41) is 0. The third kappa shape index (κ3) is 3.93. The second kappa shape index (κ2) is 8.74. The molecule has 2 heterocycles. The Labute approximate surface area is 196 Å². The number of amides is 4. The van der Waals surface area contributed by atoms with Crippen molar-refractivity contribution >= 4 is 29.8 Å². The lowest BCUT2D eigenvalue weighted by atomic mass is 10.0. The molecule has 176 valence electrons. The SMILES string of the molecule is C[C@](OC(=O)O[C@@](C)(c1ccccc1)N1C(=O)CCC1=O)(c1ccccc1)N1C(=O)CCC1=O. The van der Waals surface area contributed by atoms with Crippen LogP contribution in [0.2, 0.25) is 0 Å². The van der Waals surface area contributed by atoms with Crippen LogP contribution >= 0.6 is 0 Å². The zero-order valence-electron chi connectivity index (χ0n) is 18.9. The zero-order valence-corrected chi connectivity index (χ0v) is 18.9. The molecule has 2 aromatic carbocycles. The van der Waals surface area contributed by atoms with Crippen molar-refractivity contribution in [1.82, 2.24) is 9.80 Å². The van der Waals surface area contributed by atoms with Gasteiger partial charge < -0.3 is 9.47 Å². The molecule has 4 amide bonds. The van der Waals surface area contributed by atoms with Crippen molar-refractivity contribution in [3.05, 3.63) is 71.8 Å². The van der Waals surface area contributed by atoms with E-state index in [9.17, 15) is 24.0 Å². The molecule has 2 fully saturated rings. The van der Waals surface area contributed by atoms with E-state index in [-0.39, 0.29) is 25.7 Å². The molecule has 0 N–H and O–H groups in total. The number of carbonyl (C=O) groups is 5. The molecule has 0 aromatic heterocycles. The maximum absolute atomic E-state index is 13.2. The van der Waals surface area contributed by atoms with Gasteiger partial charge in [0.1, 0.15) is 0 Å². The van der Waals surface area contributed by atoms with Gasteiger partial charge in [-0.05, 0) is 0 Å². The molecule has 0 radical (unpaired) electrons. The minimum Gasteiger partial charge on any atom is -0.403 e. The molecule has 0 aliphatic carbocycles. The highest BCUT2D eigenvalue weighted by atomic mass is 16.8. The van der Waals surface area contributed by atoms with Crippen molar-refractivity contribution in [2.75, 3.05) is 0 Å². The molecule has 34 heavy (non-hydrogen) atoms. The maximum atomic E-state index is 13.2. The predicted octanol–water partition coefficient (Wildman–Crippen LogP) is 3.18. The fourth-order valence-electron chi connectivity index (χ4n) is 4.41. The van der Waals surface area contributed by atoms with Gasteiger partial charge in [-0.2, -0.15) is 0 Å². The molecule has 0 spiro atoms. The third-order valence-electron chi connectivity index (χ3n) is 6.14. The first-order valence-corrected chi connectivity index (χ1v) is 10.9. The highest BCUT2D eigenvalue weighted by Crippen LogP contribution is 2.38.